The maximum atomic E-state index is 8.54. The van der Waals surface area contributed by atoms with Crippen molar-refractivity contribution in [2.45, 2.75) is 0 Å². The fourth-order valence-electron chi connectivity index (χ4n) is 0.787. The minimum Gasteiger partial charge on any atom is -0.411 e. The van der Waals surface area contributed by atoms with Crippen LogP contribution in [-0.4, -0.2) is 17.1 Å². The highest BCUT2D eigenvalue weighted by Crippen LogP contribution is 2.12. The molecule has 0 aromatic heterocycles. The van der Waals surface area contributed by atoms with Crippen LogP contribution in [0.2, 0.25) is 5.02 Å². The zero-order chi connectivity index (χ0) is 11.1. The number of nitrogens with zero attached hydrogens (tertiary/aromatic N) is 3. The summed E-state index contributed by atoms with van der Waals surface area (Å²) in [6.45, 7) is 0. The molecule has 0 radical (unpaired) electrons. The number of anilines is 1. The van der Waals surface area contributed by atoms with Gasteiger partial charge in [-0.2, -0.15) is 10.4 Å². The van der Waals surface area contributed by atoms with E-state index in [0.717, 1.165) is 6.21 Å². The number of benzene rings is 1. The van der Waals surface area contributed by atoms with Gasteiger partial charge in [0.25, 0.3) is 0 Å². The van der Waals surface area contributed by atoms with Crippen LogP contribution in [0.4, 0.5) is 5.69 Å². The highest BCUT2D eigenvalue weighted by Gasteiger charge is 1.93. The van der Waals surface area contributed by atoms with Crippen LogP contribution >= 0.6 is 11.6 Å². The lowest BCUT2D eigenvalue weighted by atomic mass is 10.3. The molecule has 15 heavy (non-hydrogen) atoms. The average molecular weight is 223 g/mol. The van der Waals surface area contributed by atoms with Crippen LogP contribution in [0.5, 0.6) is 0 Å². The third-order valence-corrected chi connectivity index (χ3v) is 1.70. The van der Waals surface area contributed by atoms with E-state index in [-0.39, 0.29) is 5.71 Å². The minimum atomic E-state index is -0.0348. The van der Waals surface area contributed by atoms with Crippen LogP contribution in [0.3, 0.4) is 0 Å². The summed E-state index contributed by atoms with van der Waals surface area (Å²) in [7, 11) is 0. The van der Waals surface area contributed by atoms with Crippen molar-refractivity contribution >= 4 is 29.2 Å². The Morgan fingerprint density at radius 2 is 2.13 bits per heavy atom. The maximum Gasteiger partial charge on any atom is 0.182 e. The predicted molar refractivity (Wildman–Crippen MR) is 58.4 cm³/mol. The number of nitriles is 1. The number of hydrogen-bond donors (Lipinski definition) is 2. The lowest BCUT2D eigenvalue weighted by Gasteiger charge is -1.99. The van der Waals surface area contributed by atoms with Crippen molar-refractivity contribution in [2.24, 2.45) is 10.3 Å². The van der Waals surface area contributed by atoms with Gasteiger partial charge in [-0.3, -0.25) is 5.43 Å². The van der Waals surface area contributed by atoms with Crippen molar-refractivity contribution in [3.8, 4) is 6.07 Å². The van der Waals surface area contributed by atoms with Crippen LogP contribution in [0.25, 0.3) is 0 Å². The zero-order valence-corrected chi connectivity index (χ0v) is 8.31. The summed E-state index contributed by atoms with van der Waals surface area (Å²) >= 11 is 5.68. The summed E-state index contributed by atoms with van der Waals surface area (Å²) in [5.74, 6) is 0. The topological polar surface area (TPSA) is 80.8 Å². The fourth-order valence-corrected chi connectivity index (χ4v) is 0.913. The highest BCUT2D eigenvalue weighted by atomic mass is 35.5. The van der Waals surface area contributed by atoms with Gasteiger partial charge in [0.1, 0.15) is 12.3 Å². The van der Waals surface area contributed by atoms with E-state index in [1.165, 1.54) is 0 Å². The Kier molecular flexibility index (Phi) is 4.13. The SMILES string of the molecule is N#CC(/C=N/O)=N\Nc1ccc(Cl)cc1. The summed E-state index contributed by atoms with van der Waals surface area (Å²) in [6, 6.07) is 8.52. The molecular weight excluding hydrogens is 216 g/mol. The molecule has 1 aromatic rings. The Balaban J connectivity index is 2.71. The molecule has 2 N–H and O–H groups in total. The van der Waals surface area contributed by atoms with Crippen molar-refractivity contribution in [1.29, 1.82) is 5.26 Å². The monoisotopic (exact) mass is 222 g/mol. The van der Waals surface area contributed by atoms with Gasteiger partial charge in [0, 0.05) is 5.02 Å². The Bertz CT molecular complexity index is 419. The second kappa shape index (κ2) is 5.62. The number of nitrogens with one attached hydrogen (secondary N) is 1. The second-order valence-electron chi connectivity index (χ2n) is 2.47. The molecule has 0 spiro atoms. The molecule has 1 rings (SSSR count). The van der Waals surface area contributed by atoms with Crippen LogP contribution in [0, 0.1) is 11.3 Å². The van der Waals surface area contributed by atoms with E-state index in [0.29, 0.717) is 10.7 Å². The smallest absolute Gasteiger partial charge is 0.182 e. The van der Waals surface area contributed by atoms with E-state index in [9.17, 15) is 0 Å². The van der Waals surface area contributed by atoms with Gasteiger partial charge in [0.15, 0.2) is 5.71 Å². The Morgan fingerprint density at radius 1 is 1.47 bits per heavy atom. The summed E-state index contributed by atoms with van der Waals surface area (Å²) in [5, 5.41) is 23.7. The summed E-state index contributed by atoms with van der Waals surface area (Å²) < 4.78 is 0. The number of oxime groups is 1. The minimum absolute atomic E-state index is 0.0348. The molecule has 0 aliphatic carbocycles. The van der Waals surface area contributed by atoms with E-state index >= 15 is 0 Å². The second-order valence-corrected chi connectivity index (χ2v) is 2.91. The largest absolute Gasteiger partial charge is 0.411 e. The van der Waals surface area contributed by atoms with Gasteiger partial charge in [-0.1, -0.05) is 16.8 Å². The van der Waals surface area contributed by atoms with Crippen molar-refractivity contribution in [1.82, 2.24) is 0 Å². The van der Waals surface area contributed by atoms with Crippen LogP contribution in [-0.2, 0) is 0 Å². The van der Waals surface area contributed by atoms with Gasteiger partial charge in [-0.05, 0) is 24.3 Å². The van der Waals surface area contributed by atoms with Gasteiger partial charge in [-0.15, -0.1) is 0 Å². The number of halogens is 1. The molecule has 0 atom stereocenters. The van der Waals surface area contributed by atoms with Gasteiger partial charge >= 0.3 is 0 Å². The van der Waals surface area contributed by atoms with Crippen molar-refractivity contribution < 1.29 is 5.21 Å². The lowest BCUT2D eigenvalue weighted by molar-refractivity contribution is 0.322. The van der Waals surface area contributed by atoms with Gasteiger partial charge in [-0.25, -0.2) is 0 Å². The molecule has 1 aromatic carbocycles. The molecule has 76 valence electrons. The summed E-state index contributed by atoms with van der Waals surface area (Å²) in [5.41, 5.74) is 3.26. The summed E-state index contributed by atoms with van der Waals surface area (Å²) in [4.78, 5) is 0. The molecule has 0 saturated carbocycles. The standard InChI is InChI=1S/C9H7ClN4O/c10-7-1-3-8(4-2-7)13-14-9(5-11)6-12-15/h1-4,6,13,15H/b12-6+,14-9+. The van der Waals surface area contributed by atoms with Crippen LogP contribution < -0.4 is 5.43 Å². The highest BCUT2D eigenvalue weighted by molar-refractivity contribution is 6.37. The molecule has 0 fully saturated rings. The van der Waals surface area contributed by atoms with Crippen LogP contribution in [0.1, 0.15) is 0 Å². The molecular formula is C9H7ClN4O. The molecule has 0 aliphatic heterocycles. The normalized spacial score (nSPS) is 11.3. The number of hydrogen-bond acceptors (Lipinski definition) is 5. The molecule has 0 heterocycles. The Labute approximate surface area is 91.3 Å². The first kappa shape index (κ1) is 11.0. The molecule has 6 heteroatoms. The molecule has 0 aliphatic rings. The van der Waals surface area contributed by atoms with Crippen molar-refractivity contribution in [3.63, 3.8) is 0 Å². The first-order valence-electron chi connectivity index (χ1n) is 3.93. The van der Waals surface area contributed by atoms with Gasteiger partial charge in [0.2, 0.25) is 0 Å². The third-order valence-electron chi connectivity index (χ3n) is 1.44. The van der Waals surface area contributed by atoms with E-state index in [4.69, 9.17) is 22.1 Å². The van der Waals surface area contributed by atoms with E-state index in [1.54, 1.807) is 30.3 Å². The van der Waals surface area contributed by atoms with E-state index in [1.807, 2.05) is 0 Å². The molecule has 0 unspecified atom stereocenters. The van der Waals surface area contributed by atoms with Crippen molar-refractivity contribution in [3.05, 3.63) is 29.3 Å². The third kappa shape index (κ3) is 3.67. The molecule has 0 amide bonds. The van der Waals surface area contributed by atoms with Crippen LogP contribution in [0.15, 0.2) is 34.5 Å². The quantitative estimate of drug-likeness (QED) is 0.467. The van der Waals surface area contributed by atoms with Crippen molar-refractivity contribution in [2.75, 3.05) is 5.43 Å². The maximum absolute atomic E-state index is 8.54. The van der Waals surface area contributed by atoms with Gasteiger partial charge < -0.3 is 5.21 Å². The Hall–Kier alpha value is -2.06. The first-order valence-corrected chi connectivity index (χ1v) is 4.31. The van der Waals surface area contributed by atoms with E-state index < -0.39 is 0 Å². The predicted octanol–water partition coefficient (Wildman–Crippen LogP) is 2.09. The molecule has 0 saturated heterocycles. The number of rotatable bonds is 3. The molecule has 0 bridgehead atoms. The number of hydrazone groups is 1. The molecule has 5 nitrogen and oxygen atoms in total. The van der Waals surface area contributed by atoms with E-state index in [2.05, 4.69) is 15.7 Å². The zero-order valence-electron chi connectivity index (χ0n) is 7.55. The van der Waals surface area contributed by atoms with Gasteiger partial charge in [0.05, 0.1) is 5.69 Å². The fraction of sp³-hybridized carbons (Fsp3) is 0. The average Bonchev–Trinajstić information content (AvgIpc) is 2.26. The lowest BCUT2D eigenvalue weighted by Crippen LogP contribution is -2.00. The first-order chi connectivity index (χ1) is 7.26. The summed E-state index contributed by atoms with van der Waals surface area (Å²) in [6.07, 6.45) is 0.933. The Morgan fingerprint density at radius 3 is 2.67 bits per heavy atom.